The van der Waals surface area contributed by atoms with E-state index in [1.807, 2.05) is 53.1 Å². The highest BCUT2D eigenvalue weighted by Gasteiger charge is 2.15. The van der Waals surface area contributed by atoms with Crippen molar-refractivity contribution in [1.29, 1.82) is 0 Å². The third-order valence-electron chi connectivity index (χ3n) is 3.95. The second-order valence-corrected chi connectivity index (χ2v) is 7.32. The van der Waals surface area contributed by atoms with E-state index >= 15 is 0 Å². The highest BCUT2D eigenvalue weighted by molar-refractivity contribution is 7.99. The number of allylic oxidation sites excluding steroid dienone is 1. The van der Waals surface area contributed by atoms with Crippen molar-refractivity contribution in [2.75, 3.05) is 11.1 Å². The summed E-state index contributed by atoms with van der Waals surface area (Å²) in [7, 11) is 0. The summed E-state index contributed by atoms with van der Waals surface area (Å²) in [5.41, 5.74) is 3.10. The van der Waals surface area contributed by atoms with Crippen molar-refractivity contribution in [3.63, 3.8) is 0 Å². The van der Waals surface area contributed by atoms with Crippen molar-refractivity contribution in [1.82, 2.24) is 23.5 Å². The maximum atomic E-state index is 12.4. The number of amides is 1. The molecule has 0 saturated carbocycles. The molecule has 140 valence electrons. The molecule has 2 heterocycles. The summed E-state index contributed by atoms with van der Waals surface area (Å²) in [6.07, 6.45) is 1.79. The van der Waals surface area contributed by atoms with Gasteiger partial charge in [0, 0.05) is 12.1 Å². The molecule has 4 aromatic rings. The standard InChI is InChI=1S/C19H16N6OS2/c1-2-11-25-18(13-7-4-3-5-8-13)21-22-19(25)27-12-16(26)20-14-9-6-10-15-17(14)24-28-23-15/h2-10H,1,11-12H2,(H,20,26). The monoisotopic (exact) mass is 408 g/mol. The highest BCUT2D eigenvalue weighted by Crippen LogP contribution is 2.25. The number of thioether (sulfide) groups is 1. The molecule has 1 amide bonds. The molecule has 0 aliphatic rings. The number of hydrogen-bond acceptors (Lipinski definition) is 7. The second-order valence-electron chi connectivity index (χ2n) is 5.85. The summed E-state index contributed by atoms with van der Waals surface area (Å²) in [5, 5.41) is 12.1. The van der Waals surface area contributed by atoms with E-state index in [-0.39, 0.29) is 11.7 Å². The van der Waals surface area contributed by atoms with Crippen molar-refractivity contribution in [2.24, 2.45) is 0 Å². The third-order valence-corrected chi connectivity index (χ3v) is 5.46. The van der Waals surface area contributed by atoms with E-state index in [9.17, 15) is 4.79 Å². The molecule has 0 saturated heterocycles. The smallest absolute Gasteiger partial charge is 0.234 e. The van der Waals surface area contributed by atoms with E-state index < -0.39 is 0 Å². The molecule has 0 fully saturated rings. The van der Waals surface area contributed by atoms with Gasteiger partial charge in [-0.1, -0.05) is 54.2 Å². The number of carbonyl (C=O) groups excluding carboxylic acids is 1. The summed E-state index contributed by atoms with van der Waals surface area (Å²) < 4.78 is 10.4. The van der Waals surface area contributed by atoms with Crippen LogP contribution in [0.3, 0.4) is 0 Å². The van der Waals surface area contributed by atoms with Gasteiger partial charge in [0.25, 0.3) is 0 Å². The Kier molecular flexibility index (Phi) is 5.45. The van der Waals surface area contributed by atoms with Gasteiger partial charge in [-0.2, -0.15) is 8.75 Å². The maximum Gasteiger partial charge on any atom is 0.234 e. The van der Waals surface area contributed by atoms with Crippen molar-refractivity contribution < 1.29 is 4.79 Å². The van der Waals surface area contributed by atoms with E-state index in [4.69, 9.17) is 0 Å². The maximum absolute atomic E-state index is 12.4. The average molecular weight is 409 g/mol. The molecular formula is C19H16N6OS2. The fraction of sp³-hybridized carbons (Fsp3) is 0.105. The second kappa shape index (κ2) is 8.32. The van der Waals surface area contributed by atoms with Crippen LogP contribution in [0.15, 0.2) is 66.3 Å². The number of rotatable bonds is 7. The molecule has 0 unspecified atom stereocenters. The van der Waals surface area contributed by atoms with Crippen LogP contribution in [0.25, 0.3) is 22.4 Å². The van der Waals surface area contributed by atoms with Gasteiger partial charge in [0.05, 0.1) is 23.2 Å². The van der Waals surface area contributed by atoms with Crippen LogP contribution < -0.4 is 5.32 Å². The first-order chi connectivity index (χ1) is 13.8. The number of benzene rings is 2. The molecule has 0 aliphatic carbocycles. The van der Waals surface area contributed by atoms with Gasteiger partial charge in [-0.15, -0.1) is 16.8 Å². The fourth-order valence-electron chi connectivity index (χ4n) is 2.71. The topological polar surface area (TPSA) is 85.6 Å². The lowest BCUT2D eigenvalue weighted by molar-refractivity contribution is -0.113. The molecule has 4 rings (SSSR count). The quantitative estimate of drug-likeness (QED) is 0.369. The summed E-state index contributed by atoms with van der Waals surface area (Å²) >= 11 is 2.46. The molecule has 0 atom stereocenters. The highest BCUT2D eigenvalue weighted by atomic mass is 32.2. The Bertz CT molecular complexity index is 1120. The molecule has 7 nitrogen and oxygen atoms in total. The van der Waals surface area contributed by atoms with Crippen LogP contribution in [0.2, 0.25) is 0 Å². The minimum Gasteiger partial charge on any atom is -0.323 e. The molecule has 0 aliphatic heterocycles. The van der Waals surface area contributed by atoms with Gasteiger partial charge < -0.3 is 5.32 Å². The van der Waals surface area contributed by atoms with E-state index in [0.717, 1.165) is 28.6 Å². The number of aromatic nitrogens is 5. The van der Waals surface area contributed by atoms with Gasteiger partial charge >= 0.3 is 0 Å². The summed E-state index contributed by atoms with van der Waals surface area (Å²) in [4.78, 5) is 12.4. The normalized spacial score (nSPS) is 10.9. The Balaban J connectivity index is 1.48. The zero-order valence-corrected chi connectivity index (χ0v) is 16.4. The SMILES string of the molecule is C=CCn1c(SCC(=O)Nc2cccc3nsnc23)nnc1-c1ccccc1. The summed E-state index contributed by atoms with van der Waals surface area (Å²) in [6.45, 7) is 4.37. The first-order valence-electron chi connectivity index (χ1n) is 8.49. The Labute approximate surface area is 169 Å². The van der Waals surface area contributed by atoms with Crippen LogP contribution in [0.5, 0.6) is 0 Å². The predicted octanol–water partition coefficient (Wildman–Crippen LogP) is 3.87. The predicted molar refractivity (Wildman–Crippen MR) is 112 cm³/mol. The lowest BCUT2D eigenvalue weighted by atomic mass is 10.2. The lowest BCUT2D eigenvalue weighted by Gasteiger charge is -2.08. The number of nitrogens with zero attached hydrogens (tertiary/aromatic N) is 5. The molecule has 0 radical (unpaired) electrons. The van der Waals surface area contributed by atoms with Gasteiger partial charge in [0.2, 0.25) is 5.91 Å². The number of nitrogens with one attached hydrogen (secondary N) is 1. The minimum absolute atomic E-state index is 0.139. The van der Waals surface area contributed by atoms with Gasteiger partial charge in [-0.25, -0.2) is 0 Å². The van der Waals surface area contributed by atoms with Gasteiger partial charge in [0.15, 0.2) is 11.0 Å². The van der Waals surface area contributed by atoms with E-state index in [1.54, 1.807) is 6.08 Å². The molecule has 0 bridgehead atoms. The van der Waals surface area contributed by atoms with Crippen molar-refractivity contribution in [2.45, 2.75) is 11.7 Å². The van der Waals surface area contributed by atoms with E-state index in [0.29, 0.717) is 22.9 Å². The largest absolute Gasteiger partial charge is 0.323 e. The van der Waals surface area contributed by atoms with Crippen LogP contribution in [0.4, 0.5) is 5.69 Å². The van der Waals surface area contributed by atoms with Crippen LogP contribution in [-0.2, 0) is 11.3 Å². The molecule has 1 N–H and O–H groups in total. The lowest BCUT2D eigenvalue weighted by Crippen LogP contribution is -2.15. The fourth-order valence-corrected chi connectivity index (χ4v) is 4.01. The van der Waals surface area contributed by atoms with Gasteiger partial charge in [-0.3, -0.25) is 9.36 Å². The Morgan fingerprint density at radius 2 is 2.00 bits per heavy atom. The number of hydrogen-bond donors (Lipinski definition) is 1. The Morgan fingerprint density at radius 1 is 1.14 bits per heavy atom. The molecule has 28 heavy (non-hydrogen) atoms. The van der Waals surface area contributed by atoms with Crippen molar-refractivity contribution in [3.8, 4) is 11.4 Å². The Morgan fingerprint density at radius 3 is 2.82 bits per heavy atom. The van der Waals surface area contributed by atoms with Crippen LogP contribution in [0.1, 0.15) is 0 Å². The van der Waals surface area contributed by atoms with E-state index in [1.165, 1.54) is 11.8 Å². The molecule has 2 aromatic heterocycles. The average Bonchev–Trinajstić information content (AvgIpc) is 3.35. The Hall–Kier alpha value is -3.04. The number of fused-ring (bicyclic) bond motifs is 1. The van der Waals surface area contributed by atoms with Crippen molar-refractivity contribution >= 4 is 46.1 Å². The summed E-state index contributed by atoms with van der Waals surface area (Å²) in [6, 6.07) is 15.4. The van der Waals surface area contributed by atoms with Crippen LogP contribution in [0, 0.1) is 0 Å². The summed E-state index contributed by atoms with van der Waals surface area (Å²) in [5.74, 6) is 0.819. The number of carbonyl (C=O) groups is 1. The minimum atomic E-state index is -0.139. The number of anilines is 1. The zero-order valence-electron chi connectivity index (χ0n) is 14.8. The van der Waals surface area contributed by atoms with Gasteiger partial charge in [-0.05, 0) is 12.1 Å². The van der Waals surface area contributed by atoms with Crippen LogP contribution in [-0.4, -0.2) is 35.2 Å². The molecule has 2 aromatic carbocycles. The van der Waals surface area contributed by atoms with Gasteiger partial charge in [0.1, 0.15) is 11.0 Å². The third kappa shape index (κ3) is 3.80. The van der Waals surface area contributed by atoms with Crippen molar-refractivity contribution in [3.05, 3.63) is 61.2 Å². The zero-order chi connectivity index (χ0) is 19.3. The molecule has 0 spiro atoms. The van der Waals surface area contributed by atoms with Crippen LogP contribution >= 0.6 is 23.5 Å². The molecular weight excluding hydrogens is 392 g/mol. The first-order valence-corrected chi connectivity index (χ1v) is 10.2. The molecule has 9 heteroatoms. The van der Waals surface area contributed by atoms with E-state index in [2.05, 4.69) is 30.8 Å². The first kappa shape index (κ1) is 18.3.